The summed E-state index contributed by atoms with van der Waals surface area (Å²) >= 11 is 17.9. The summed E-state index contributed by atoms with van der Waals surface area (Å²) in [6, 6.07) is 4.43. The lowest BCUT2D eigenvalue weighted by atomic mass is 10.0. The van der Waals surface area contributed by atoms with Crippen LogP contribution in [-0.4, -0.2) is 28.8 Å². The topological polar surface area (TPSA) is 76.0 Å². The monoisotopic (exact) mass is 402 g/mol. The standard InChI is InChI=1S/C16H17Cl3N4O2/c1-8(2)14(15(24)20-3)22-12-5-4-9(6-10(12)17)23-16(25)13(19)11(18)7-21-23/h4-8,14,22H,1-3H3,(H,20,24). The Labute approximate surface area is 160 Å². The van der Waals surface area contributed by atoms with Crippen LogP contribution in [0.15, 0.2) is 29.2 Å². The van der Waals surface area contributed by atoms with Crippen LogP contribution in [-0.2, 0) is 4.79 Å². The zero-order chi connectivity index (χ0) is 18.7. The predicted molar refractivity (Wildman–Crippen MR) is 101 cm³/mol. The molecular formula is C16H17Cl3N4O2. The number of likely N-dealkylation sites (N-methyl/N-ethyl adjacent to an activating group) is 1. The molecule has 2 aromatic rings. The van der Waals surface area contributed by atoms with Gasteiger partial charge in [0.05, 0.1) is 27.6 Å². The Hall–Kier alpha value is -1.76. The fourth-order valence-corrected chi connectivity index (χ4v) is 2.69. The summed E-state index contributed by atoms with van der Waals surface area (Å²) in [5.41, 5.74) is 0.456. The quantitative estimate of drug-likeness (QED) is 0.802. The number of aromatic nitrogens is 2. The third kappa shape index (κ3) is 4.26. The van der Waals surface area contributed by atoms with E-state index in [-0.39, 0.29) is 21.9 Å². The molecule has 1 unspecified atom stereocenters. The number of carbonyl (C=O) groups is 1. The maximum atomic E-state index is 12.2. The second-order valence-electron chi connectivity index (χ2n) is 5.67. The number of benzene rings is 1. The van der Waals surface area contributed by atoms with Crippen LogP contribution in [0.2, 0.25) is 15.1 Å². The second kappa shape index (κ2) is 8.08. The number of rotatable bonds is 5. The zero-order valence-corrected chi connectivity index (χ0v) is 16.1. The lowest BCUT2D eigenvalue weighted by Crippen LogP contribution is -2.41. The minimum absolute atomic E-state index is 0.0510. The van der Waals surface area contributed by atoms with E-state index in [1.165, 1.54) is 6.20 Å². The van der Waals surface area contributed by atoms with E-state index in [0.717, 1.165) is 4.68 Å². The normalized spacial score (nSPS) is 12.1. The van der Waals surface area contributed by atoms with Gasteiger partial charge in [-0.2, -0.15) is 9.78 Å². The average molecular weight is 404 g/mol. The van der Waals surface area contributed by atoms with Gasteiger partial charge < -0.3 is 10.6 Å². The molecular weight excluding hydrogens is 387 g/mol. The highest BCUT2D eigenvalue weighted by Crippen LogP contribution is 2.26. The zero-order valence-electron chi connectivity index (χ0n) is 13.8. The van der Waals surface area contributed by atoms with Gasteiger partial charge in [0.2, 0.25) is 5.91 Å². The first-order chi connectivity index (χ1) is 11.8. The Morgan fingerprint density at radius 1 is 1.20 bits per heavy atom. The van der Waals surface area contributed by atoms with Gasteiger partial charge in [-0.3, -0.25) is 9.59 Å². The van der Waals surface area contributed by atoms with E-state index < -0.39 is 11.6 Å². The molecule has 0 saturated heterocycles. The number of nitrogens with one attached hydrogen (secondary N) is 2. The van der Waals surface area contributed by atoms with Crippen LogP contribution in [0.4, 0.5) is 5.69 Å². The Morgan fingerprint density at radius 3 is 2.44 bits per heavy atom. The number of nitrogens with zero attached hydrogens (tertiary/aromatic N) is 2. The Bertz CT molecular complexity index is 852. The third-order valence-corrected chi connectivity index (χ3v) is 4.64. The lowest BCUT2D eigenvalue weighted by Gasteiger charge is -2.22. The van der Waals surface area contributed by atoms with Gasteiger partial charge in [0.25, 0.3) is 5.56 Å². The summed E-state index contributed by atoms with van der Waals surface area (Å²) < 4.78 is 1.10. The van der Waals surface area contributed by atoms with E-state index in [9.17, 15) is 9.59 Å². The van der Waals surface area contributed by atoms with Gasteiger partial charge in [0, 0.05) is 7.05 Å². The van der Waals surface area contributed by atoms with Crippen molar-refractivity contribution in [2.45, 2.75) is 19.9 Å². The molecule has 1 aromatic carbocycles. The molecule has 6 nitrogen and oxygen atoms in total. The smallest absolute Gasteiger partial charge is 0.291 e. The molecule has 0 radical (unpaired) electrons. The maximum absolute atomic E-state index is 12.2. The molecule has 2 rings (SSSR count). The lowest BCUT2D eigenvalue weighted by molar-refractivity contribution is -0.122. The van der Waals surface area contributed by atoms with E-state index in [4.69, 9.17) is 34.8 Å². The van der Waals surface area contributed by atoms with Crippen molar-refractivity contribution in [2.24, 2.45) is 5.92 Å². The molecule has 0 aliphatic heterocycles. The number of halogens is 3. The van der Waals surface area contributed by atoms with Crippen molar-refractivity contribution in [3.8, 4) is 5.69 Å². The van der Waals surface area contributed by atoms with Crippen LogP contribution in [0.3, 0.4) is 0 Å². The number of amides is 1. The van der Waals surface area contributed by atoms with Gasteiger partial charge in [0.1, 0.15) is 11.1 Å². The summed E-state index contributed by atoms with van der Waals surface area (Å²) in [4.78, 5) is 24.1. The maximum Gasteiger partial charge on any atom is 0.291 e. The van der Waals surface area contributed by atoms with Gasteiger partial charge in [-0.15, -0.1) is 0 Å². The van der Waals surface area contributed by atoms with Crippen molar-refractivity contribution < 1.29 is 4.79 Å². The molecule has 0 fully saturated rings. The minimum atomic E-state index is -0.545. The van der Waals surface area contributed by atoms with Crippen molar-refractivity contribution >= 4 is 46.4 Å². The number of anilines is 1. The van der Waals surface area contributed by atoms with Crippen molar-refractivity contribution in [3.05, 3.63) is 49.8 Å². The van der Waals surface area contributed by atoms with Crippen LogP contribution in [0.25, 0.3) is 5.69 Å². The highest BCUT2D eigenvalue weighted by atomic mass is 35.5. The molecule has 2 N–H and O–H groups in total. The summed E-state index contributed by atoms with van der Waals surface area (Å²) in [6.07, 6.45) is 1.28. The first-order valence-corrected chi connectivity index (χ1v) is 8.61. The van der Waals surface area contributed by atoms with E-state index in [1.54, 1.807) is 25.2 Å². The number of carbonyl (C=O) groups excluding carboxylic acids is 1. The van der Waals surface area contributed by atoms with Crippen molar-refractivity contribution in [1.82, 2.24) is 15.1 Å². The van der Waals surface area contributed by atoms with Crippen molar-refractivity contribution in [3.63, 3.8) is 0 Å². The summed E-state index contributed by atoms with van der Waals surface area (Å²) in [5.74, 6) is -0.0902. The van der Waals surface area contributed by atoms with Crippen LogP contribution in [0, 0.1) is 5.92 Å². The third-order valence-electron chi connectivity index (χ3n) is 3.58. The molecule has 1 aromatic heterocycles. The van der Waals surface area contributed by atoms with E-state index >= 15 is 0 Å². The molecule has 9 heteroatoms. The van der Waals surface area contributed by atoms with Gasteiger partial charge >= 0.3 is 0 Å². The molecule has 25 heavy (non-hydrogen) atoms. The van der Waals surface area contributed by atoms with Gasteiger partial charge in [-0.05, 0) is 24.1 Å². The summed E-state index contributed by atoms with van der Waals surface area (Å²) in [6.45, 7) is 3.85. The average Bonchev–Trinajstić information content (AvgIpc) is 2.58. The Balaban J connectivity index is 2.37. The molecule has 0 aliphatic carbocycles. The Morgan fingerprint density at radius 2 is 1.88 bits per heavy atom. The highest BCUT2D eigenvalue weighted by Gasteiger charge is 2.22. The first-order valence-electron chi connectivity index (χ1n) is 7.47. The molecule has 134 valence electrons. The highest BCUT2D eigenvalue weighted by molar-refractivity contribution is 6.41. The van der Waals surface area contributed by atoms with Crippen molar-refractivity contribution in [1.29, 1.82) is 0 Å². The molecule has 1 amide bonds. The van der Waals surface area contributed by atoms with Gasteiger partial charge in [-0.1, -0.05) is 48.7 Å². The summed E-state index contributed by atoms with van der Waals surface area (Å²) in [7, 11) is 1.58. The molecule has 0 bridgehead atoms. The van der Waals surface area contributed by atoms with E-state index in [2.05, 4.69) is 15.7 Å². The number of hydrogen-bond donors (Lipinski definition) is 2. The van der Waals surface area contributed by atoms with Crippen LogP contribution < -0.4 is 16.2 Å². The number of hydrogen-bond acceptors (Lipinski definition) is 4. The molecule has 0 aliphatic rings. The predicted octanol–water partition coefficient (Wildman–Crippen LogP) is 3.38. The largest absolute Gasteiger partial charge is 0.372 e. The minimum Gasteiger partial charge on any atom is -0.372 e. The van der Waals surface area contributed by atoms with Crippen LogP contribution in [0.5, 0.6) is 0 Å². The second-order valence-corrected chi connectivity index (χ2v) is 6.86. The Kier molecular flexibility index (Phi) is 6.32. The molecule has 1 heterocycles. The molecule has 0 saturated carbocycles. The SMILES string of the molecule is CNC(=O)C(Nc1ccc(-n2ncc(Cl)c(Cl)c2=O)cc1Cl)C(C)C. The fourth-order valence-electron chi connectivity index (χ4n) is 2.21. The fraction of sp³-hybridized carbons (Fsp3) is 0.312. The summed E-state index contributed by atoms with van der Waals surface area (Å²) in [5, 5.41) is 9.99. The van der Waals surface area contributed by atoms with Gasteiger partial charge in [0.15, 0.2) is 0 Å². The van der Waals surface area contributed by atoms with E-state index in [1.807, 2.05) is 13.8 Å². The molecule has 1 atom stereocenters. The van der Waals surface area contributed by atoms with E-state index in [0.29, 0.717) is 16.4 Å². The molecule has 0 spiro atoms. The van der Waals surface area contributed by atoms with Crippen molar-refractivity contribution in [2.75, 3.05) is 12.4 Å². The van der Waals surface area contributed by atoms with Crippen LogP contribution >= 0.6 is 34.8 Å². The first kappa shape index (κ1) is 19.6. The van der Waals surface area contributed by atoms with Crippen LogP contribution in [0.1, 0.15) is 13.8 Å². The van der Waals surface area contributed by atoms with Gasteiger partial charge in [-0.25, -0.2) is 0 Å².